The van der Waals surface area contributed by atoms with Gasteiger partial charge in [0.15, 0.2) is 5.15 Å². The van der Waals surface area contributed by atoms with Crippen LogP contribution in [-0.2, 0) is 0 Å². The summed E-state index contributed by atoms with van der Waals surface area (Å²) in [7, 11) is 0. The van der Waals surface area contributed by atoms with E-state index in [9.17, 15) is 4.79 Å². The van der Waals surface area contributed by atoms with Crippen molar-refractivity contribution in [3.8, 4) is 0 Å². The van der Waals surface area contributed by atoms with Crippen molar-refractivity contribution in [1.29, 1.82) is 0 Å². The van der Waals surface area contributed by atoms with Crippen LogP contribution in [0.1, 0.15) is 30.4 Å². The molecular formula is C13H15ClN4O. The van der Waals surface area contributed by atoms with Gasteiger partial charge in [0.2, 0.25) is 0 Å². The first kappa shape index (κ1) is 13.4. The smallest absolute Gasteiger partial charge is 0.272 e. The van der Waals surface area contributed by atoms with Gasteiger partial charge in [-0.1, -0.05) is 11.6 Å². The Kier molecular flexibility index (Phi) is 3.76. The van der Waals surface area contributed by atoms with Gasteiger partial charge in [-0.25, -0.2) is 4.98 Å². The van der Waals surface area contributed by atoms with Crippen LogP contribution in [0.25, 0.3) is 0 Å². The number of hydrogen-bond donors (Lipinski definition) is 2. The monoisotopic (exact) mass is 278 g/mol. The number of carbonyl (C=O) groups is 1. The fourth-order valence-electron chi connectivity index (χ4n) is 1.78. The Morgan fingerprint density at radius 2 is 2.26 bits per heavy atom. The number of nitrogens with zero attached hydrogens (tertiary/aromatic N) is 2. The van der Waals surface area contributed by atoms with E-state index < -0.39 is 0 Å². The van der Waals surface area contributed by atoms with Gasteiger partial charge in [-0.2, -0.15) is 0 Å². The lowest BCUT2D eigenvalue weighted by atomic mass is 10.3. The lowest BCUT2D eigenvalue weighted by Gasteiger charge is -2.12. The summed E-state index contributed by atoms with van der Waals surface area (Å²) in [6.45, 7) is 3.96. The van der Waals surface area contributed by atoms with Gasteiger partial charge in [-0.05, 0) is 32.0 Å². The highest BCUT2D eigenvalue weighted by molar-refractivity contribution is 6.32. The molecule has 2 aromatic heterocycles. The molecule has 1 amide bonds. The number of halogens is 1. The van der Waals surface area contributed by atoms with Crippen LogP contribution in [0, 0.1) is 0 Å². The van der Waals surface area contributed by atoms with Crippen molar-refractivity contribution >= 4 is 28.9 Å². The molecule has 6 heteroatoms. The Labute approximate surface area is 116 Å². The van der Waals surface area contributed by atoms with Gasteiger partial charge < -0.3 is 15.6 Å². The van der Waals surface area contributed by atoms with Crippen molar-refractivity contribution in [3.63, 3.8) is 0 Å². The Morgan fingerprint density at radius 3 is 2.89 bits per heavy atom. The van der Waals surface area contributed by atoms with Gasteiger partial charge >= 0.3 is 0 Å². The SMILES string of the molecule is CC(C)n1cc(N)cc1C(=O)Nc1cccnc1Cl. The zero-order valence-corrected chi connectivity index (χ0v) is 11.5. The minimum atomic E-state index is -0.264. The molecule has 19 heavy (non-hydrogen) atoms. The number of nitrogen functional groups attached to an aromatic ring is 1. The molecule has 0 aliphatic rings. The molecule has 2 rings (SSSR count). The normalized spacial score (nSPS) is 10.7. The Balaban J connectivity index is 2.28. The minimum Gasteiger partial charge on any atom is -0.397 e. The van der Waals surface area contributed by atoms with E-state index in [0.29, 0.717) is 17.1 Å². The summed E-state index contributed by atoms with van der Waals surface area (Å²) in [5.41, 5.74) is 7.26. The molecule has 0 saturated heterocycles. The predicted molar refractivity (Wildman–Crippen MR) is 76.4 cm³/mol. The molecule has 0 saturated carbocycles. The lowest BCUT2D eigenvalue weighted by Crippen LogP contribution is -2.18. The Bertz CT molecular complexity index is 606. The molecule has 0 radical (unpaired) electrons. The fraction of sp³-hybridized carbons (Fsp3) is 0.231. The van der Waals surface area contributed by atoms with Gasteiger partial charge in [0.05, 0.1) is 11.4 Å². The molecule has 0 fully saturated rings. The topological polar surface area (TPSA) is 72.9 Å². The second-order valence-corrected chi connectivity index (χ2v) is 4.81. The summed E-state index contributed by atoms with van der Waals surface area (Å²) in [6.07, 6.45) is 3.30. The maximum atomic E-state index is 12.2. The average Bonchev–Trinajstić information content (AvgIpc) is 2.74. The molecule has 3 N–H and O–H groups in total. The molecule has 0 atom stereocenters. The molecule has 100 valence electrons. The van der Waals surface area contributed by atoms with E-state index in [4.69, 9.17) is 17.3 Å². The van der Waals surface area contributed by atoms with E-state index in [1.165, 1.54) is 0 Å². The first-order chi connectivity index (χ1) is 8.99. The van der Waals surface area contributed by atoms with Crippen LogP contribution >= 0.6 is 11.6 Å². The van der Waals surface area contributed by atoms with Crippen LogP contribution in [0.15, 0.2) is 30.6 Å². The zero-order chi connectivity index (χ0) is 14.0. The van der Waals surface area contributed by atoms with Crippen LogP contribution in [0.3, 0.4) is 0 Å². The first-order valence-corrected chi connectivity index (χ1v) is 6.26. The fourth-order valence-corrected chi connectivity index (χ4v) is 1.94. The highest BCUT2D eigenvalue weighted by atomic mass is 35.5. The second kappa shape index (κ2) is 5.32. The summed E-state index contributed by atoms with van der Waals surface area (Å²) >= 11 is 5.91. The van der Waals surface area contributed by atoms with E-state index in [1.807, 2.05) is 18.4 Å². The van der Waals surface area contributed by atoms with Crippen molar-refractivity contribution in [2.24, 2.45) is 0 Å². The largest absolute Gasteiger partial charge is 0.397 e. The number of carbonyl (C=O) groups excluding carboxylic acids is 1. The van der Waals surface area contributed by atoms with Crippen LogP contribution < -0.4 is 11.1 Å². The van der Waals surface area contributed by atoms with Crippen LogP contribution in [-0.4, -0.2) is 15.5 Å². The molecule has 2 heterocycles. The highest BCUT2D eigenvalue weighted by Gasteiger charge is 2.16. The van der Waals surface area contributed by atoms with E-state index >= 15 is 0 Å². The van der Waals surface area contributed by atoms with E-state index in [-0.39, 0.29) is 17.1 Å². The quantitative estimate of drug-likeness (QED) is 0.848. The Hall–Kier alpha value is -2.01. The summed E-state index contributed by atoms with van der Waals surface area (Å²) < 4.78 is 1.81. The number of amides is 1. The van der Waals surface area contributed by atoms with Crippen molar-refractivity contribution in [2.45, 2.75) is 19.9 Å². The molecule has 0 aromatic carbocycles. The molecule has 0 spiro atoms. The molecular weight excluding hydrogens is 264 g/mol. The van der Waals surface area contributed by atoms with Crippen molar-refractivity contribution in [2.75, 3.05) is 11.1 Å². The van der Waals surface area contributed by atoms with E-state index in [0.717, 1.165) is 0 Å². The third kappa shape index (κ3) is 2.88. The summed E-state index contributed by atoms with van der Waals surface area (Å²) in [5, 5.41) is 2.98. The third-order valence-corrected chi connectivity index (χ3v) is 2.97. The lowest BCUT2D eigenvalue weighted by molar-refractivity contribution is 0.101. The molecule has 5 nitrogen and oxygen atoms in total. The molecule has 0 aliphatic heterocycles. The number of rotatable bonds is 3. The predicted octanol–water partition coefficient (Wildman–Crippen LogP) is 2.95. The number of pyridine rings is 1. The second-order valence-electron chi connectivity index (χ2n) is 4.46. The number of hydrogen-bond acceptors (Lipinski definition) is 3. The van der Waals surface area contributed by atoms with Gasteiger partial charge in [0.25, 0.3) is 5.91 Å². The molecule has 0 unspecified atom stereocenters. The van der Waals surface area contributed by atoms with Crippen LogP contribution in [0.2, 0.25) is 5.15 Å². The number of anilines is 2. The summed E-state index contributed by atoms with van der Waals surface area (Å²) in [6, 6.07) is 5.18. The van der Waals surface area contributed by atoms with E-state index in [2.05, 4.69) is 10.3 Å². The standard InChI is InChI=1S/C13H15ClN4O/c1-8(2)18-7-9(15)6-11(18)13(19)17-10-4-3-5-16-12(10)14/h3-8H,15H2,1-2H3,(H,17,19). The number of nitrogens with two attached hydrogens (primary N) is 1. The maximum Gasteiger partial charge on any atom is 0.272 e. The Morgan fingerprint density at radius 1 is 1.53 bits per heavy atom. The van der Waals surface area contributed by atoms with Gasteiger partial charge in [-0.15, -0.1) is 0 Å². The summed E-state index contributed by atoms with van der Waals surface area (Å²) in [5.74, 6) is -0.264. The molecule has 0 bridgehead atoms. The summed E-state index contributed by atoms with van der Waals surface area (Å²) in [4.78, 5) is 16.1. The van der Waals surface area contributed by atoms with Crippen LogP contribution in [0.5, 0.6) is 0 Å². The average molecular weight is 279 g/mol. The van der Waals surface area contributed by atoms with Crippen molar-refractivity contribution in [1.82, 2.24) is 9.55 Å². The highest BCUT2D eigenvalue weighted by Crippen LogP contribution is 2.21. The first-order valence-electron chi connectivity index (χ1n) is 5.88. The van der Waals surface area contributed by atoms with Crippen LogP contribution in [0.4, 0.5) is 11.4 Å². The van der Waals surface area contributed by atoms with Gasteiger partial charge in [0.1, 0.15) is 5.69 Å². The van der Waals surface area contributed by atoms with Crippen molar-refractivity contribution in [3.05, 3.63) is 41.4 Å². The minimum absolute atomic E-state index is 0.141. The van der Waals surface area contributed by atoms with Crippen molar-refractivity contribution < 1.29 is 4.79 Å². The van der Waals surface area contributed by atoms with Gasteiger partial charge in [-0.3, -0.25) is 4.79 Å². The zero-order valence-electron chi connectivity index (χ0n) is 10.7. The molecule has 0 aliphatic carbocycles. The maximum absolute atomic E-state index is 12.2. The van der Waals surface area contributed by atoms with Gasteiger partial charge in [0, 0.05) is 18.4 Å². The van der Waals surface area contributed by atoms with E-state index in [1.54, 1.807) is 30.6 Å². The number of aromatic nitrogens is 2. The molecule has 2 aromatic rings. The third-order valence-electron chi connectivity index (χ3n) is 2.67. The number of nitrogens with one attached hydrogen (secondary N) is 1.